The third-order valence-electron chi connectivity index (χ3n) is 12.0. The highest BCUT2D eigenvalue weighted by Gasteiger charge is 2.25. The predicted molar refractivity (Wildman–Crippen MR) is 255 cm³/mol. The van der Waals surface area contributed by atoms with E-state index in [1.165, 1.54) is 31.3 Å². The van der Waals surface area contributed by atoms with Crippen LogP contribution in [0.2, 0.25) is 0 Å². The molecule has 0 amide bonds. The van der Waals surface area contributed by atoms with Gasteiger partial charge in [0.2, 0.25) is 0 Å². The number of nitrogens with zero attached hydrogens (tertiary/aromatic N) is 3. The van der Waals surface area contributed by atoms with Gasteiger partial charge in [-0.3, -0.25) is 0 Å². The Morgan fingerprint density at radius 2 is 1.18 bits per heavy atom. The van der Waals surface area contributed by atoms with Crippen molar-refractivity contribution in [3.8, 4) is 44.8 Å². The average molecular weight is 800 g/mol. The molecule has 0 radical (unpaired) electrons. The molecule has 1 unspecified atom stereocenters. The first-order valence-electron chi connectivity index (χ1n) is 20.8. The summed E-state index contributed by atoms with van der Waals surface area (Å²) >= 11 is 1.82. The largest absolute Gasteiger partial charge is 0.454 e. The quantitative estimate of drug-likeness (QED) is 0.168. The maximum Gasteiger partial charge on any atom is 0.161 e. The molecule has 5 heteroatoms. The molecule has 11 aromatic rings. The van der Waals surface area contributed by atoms with Gasteiger partial charge in [0.1, 0.15) is 11.3 Å². The number of furan rings is 1. The van der Waals surface area contributed by atoms with E-state index in [1.807, 2.05) is 23.5 Å². The molecule has 0 N–H and O–H groups in total. The Morgan fingerprint density at radius 3 is 2.00 bits per heavy atom. The number of thiophene rings is 1. The molecule has 4 heterocycles. The van der Waals surface area contributed by atoms with Gasteiger partial charge in [-0.1, -0.05) is 171 Å². The number of fused-ring (bicyclic) bond motifs is 8. The minimum Gasteiger partial charge on any atom is -0.454 e. The number of hydrogen-bond acceptors (Lipinski definition) is 5. The SMILES string of the molecule is CC1C=C(c2nc(-c3ccccc3)cc(-c3cccc4c3sc3ccccc34)n2)C=C(c2nc3c(-c4ccc(-c5ccccc5)cc4)cccc3c3c2oc2ccccc23)C1. The number of rotatable bonds is 6. The van der Waals surface area contributed by atoms with Crippen molar-refractivity contribution in [2.24, 2.45) is 5.92 Å². The Kier molecular flexibility index (Phi) is 8.36. The van der Waals surface area contributed by atoms with E-state index in [0.29, 0.717) is 5.82 Å². The van der Waals surface area contributed by atoms with Crippen molar-refractivity contribution in [1.29, 1.82) is 0 Å². The highest BCUT2D eigenvalue weighted by molar-refractivity contribution is 7.26. The zero-order chi connectivity index (χ0) is 40.4. The van der Waals surface area contributed by atoms with E-state index < -0.39 is 0 Å². The third kappa shape index (κ3) is 6.08. The fourth-order valence-corrected chi connectivity index (χ4v) is 10.4. The summed E-state index contributed by atoms with van der Waals surface area (Å²) in [6, 6.07) is 62.0. The van der Waals surface area contributed by atoms with Crippen LogP contribution in [0.25, 0.3) is 109 Å². The van der Waals surface area contributed by atoms with E-state index in [0.717, 1.165) is 89.7 Å². The average Bonchev–Trinajstić information content (AvgIpc) is 3.91. The monoisotopic (exact) mass is 799 g/mol. The zero-order valence-electron chi connectivity index (χ0n) is 33.3. The molecular weight excluding hydrogens is 763 g/mol. The van der Waals surface area contributed by atoms with E-state index in [9.17, 15) is 0 Å². The number of allylic oxidation sites excluding steroid dienone is 4. The number of benzene rings is 7. The van der Waals surface area contributed by atoms with E-state index in [-0.39, 0.29) is 5.92 Å². The minimum absolute atomic E-state index is 0.200. The topological polar surface area (TPSA) is 51.8 Å². The Labute approximate surface area is 356 Å². The molecule has 1 aliphatic rings. The second-order valence-electron chi connectivity index (χ2n) is 16.0. The molecule has 0 aliphatic heterocycles. The summed E-state index contributed by atoms with van der Waals surface area (Å²) < 4.78 is 9.30. The molecule has 1 aliphatic carbocycles. The van der Waals surface area contributed by atoms with Crippen LogP contribution in [0.15, 0.2) is 192 Å². The number of para-hydroxylation sites is 2. The van der Waals surface area contributed by atoms with Gasteiger partial charge in [-0.15, -0.1) is 11.3 Å². The van der Waals surface area contributed by atoms with Gasteiger partial charge in [0.15, 0.2) is 11.4 Å². The molecule has 0 spiro atoms. The summed E-state index contributed by atoms with van der Waals surface area (Å²) in [5.74, 6) is 0.894. The lowest BCUT2D eigenvalue weighted by Gasteiger charge is -2.20. The van der Waals surface area contributed by atoms with Gasteiger partial charge < -0.3 is 4.42 Å². The Morgan fingerprint density at radius 1 is 0.541 bits per heavy atom. The van der Waals surface area contributed by atoms with Crippen LogP contribution in [0.3, 0.4) is 0 Å². The molecule has 288 valence electrons. The van der Waals surface area contributed by atoms with Gasteiger partial charge >= 0.3 is 0 Å². The number of pyridine rings is 1. The lowest BCUT2D eigenvalue weighted by atomic mass is 9.88. The van der Waals surface area contributed by atoms with Crippen molar-refractivity contribution in [3.63, 3.8) is 0 Å². The molecule has 0 saturated heterocycles. The second kappa shape index (κ2) is 14.4. The molecule has 61 heavy (non-hydrogen) atoms. The van der Waals surface area contributed by atoms with Crippen LogP contribution >= 0.6 is 11.3 Å². The van der Waals surface area contributed by atoms with E-state index >= 15 is 0 Å². The van der Waals surface area contributed by atoms with Crippen LogP contribution < -0.4 is 0 Å². The molecule has 4 nitrogen and oxygen atoms in total. The molecule has 1 atom stereocenters. The van der Waals surface area contributed by atoms with E-state index in [1.54, 1.807) is 0 Å². The third-order valence-corrected chi connectivity index (χ3v) is 13.2. The minimum atomic E-state index is 0.200. The lowest BCUT2D eigenvalue weighted by Crippen LogP contribution is -2.06. The molecule has 0 saturated carbocycles. The first-order chi connectivity index (χ1) is 30.1. The van der Waals surface area contributed by atoms with Gasteiger partial charge in [0.25, 0.3) is 0 Å². The maximum absolute atomic E-state index is 6.80. The molecule has 0 fully saturated rings. The summed E-state index contributed by atoms with van der Waals surface area (Å²) in [5.41, 5.74) is 14.1. The van der Waals surface area contributed by atoms with E-state index in [4.69, 9.17) is 19.4 Å². The molecular formula is C56H37N3OS. The van der Waals surface area contributed by atoms with Crippen LogP contribution in [-0.4, -0.2) is 15.0 Å². The van der Waals surface area contributed by atoms with Crippen molar-refractivity contribution in [2.45, 2.75) is 13.3 Å². The van der Waals surface area contributed by atoms with Gasteiger partial charge in [-0.2, -0.15) is 0 Å². The first-order valence-corrected chi connectivity index (χ1v) is 21.6. The number of hydrogen-bond donors (Lipinski definition) is 0. The van der Waals surface area contributed by atoms with Gasteiger partial charge in [0.05, 0.1) is 16.9 Å². The summed E-state index contributed by atoms with van der Waals surface area (Å²) in [5, 5.41) is 5.76. The summed E-state index contributed by atoms with van der Waals surface area (Å²) in [6.45, 7) is 2.27. The second-order valence-corrected chi connectivity index (χ2v) is 17.0. The van der Waals surface area contributed by atoms with Gasteiger partial charge in [-0.25, -0.2) is 15.0 Å². The van der Waals surface area contributed by atoms with Gasteiger partial charge in [-0.05, 0) is 58.9 Å². The van der Waals surface area contributed by atoms with Crippen molar-refractivity contribution in [1.82, 2.24) is 15.0 Å². The van der Waals surface area contributed by atoms with Crippen LogP contribution in [0.5, 0.6) is 0 Å². The fraction of sp³-hybridized carbons (Fsp3) is 0.0536. The smallest absolute Gasteiger partial charge is 0.161 e. The molecule has 7 aromatic carbocycles. The first kappa shape index (κ1) is 35.5. The van der Waals surface area contributed by atoms with Crippen LogP contribution in [0.4, 0.5) is 0 Å². The Balaban J connectivity index is 1.05. The number of aromatic nitrogens is 3. The summed E-state index contributed by atoms with van der Waals surface area (Å²) in [6.07, 6.45) is 5.37. The highest BCUT2D eigenvalue weighted by Crippen LogP contribution is 2.44. The van der Waals surface area contributed by atoms with Crippen molar-refractivity contribution in [3.05, 3.63) is 200 Å². The zero-order valence-corrected chi connectivity index (χ0v) is 34.2. The lowest BCUT2D eigenvalue weighted by molar-refractivity contribution is 0.664. The van der Waals surface area contributed by atoms with Crippen LogP contribution in [-0.2, 0) is 0 Å². The standard InChI is InChI=1S/C56H37N3OS/c1-34-30-39(32-40(31-34)56-57-47(38-16-6-3-7-17-38)33-48(58-56)44-22-13-21-43-42-18-9-11-25-50(42)61-55(43)44)52-54-51(45-19-8-10-24-49(45)60-54)46-23-12-20-41(53(46)59-52)37-28-26-36(27-29-37)35-14-4-2-5-15-35/h2-29,31-34H,30H2,1H3. The summed E-state index contributed by atoms with van der Waals surface area (Å²) in [7, 11) is 0. The van der Waals surface area contributed by atoms with Crippen LogP contribution in [0.1, 0.15) is 24.9 Å². The summed E-state index contributed by atoms with van der Waals surface area (Å²) in [4.78, 5) is 16.3. The Hall–Kier alpha value is -7.47. The molecule has 12 rings (SSSR count). The van der Waals surface area contributed by atoms with Crippen molar-refractivity contribution < 1.29 is 4.42 Å². The fourth-order valence-electron chi connectivity index (χ4n) is 9.16. The van der Waals surface area contributed by atoms with Gasteiger partial charge in [0, 0.05) is 58.6 Å². The normalized spacial score (nSPS) is 14.3. The molecule has 0 bridgehead atoms. The van der Waals surface area contributed by atoms with Crippen molar-refractivity contribution in [2.75, 3.05) is 0 Å². The van der Waals surface area contributed by atoms with E-state index in [2.05, 4.69) is 183 Å². The Bertz CT molecular complexity index is 3560. The van der Waals surface area contributed by atoms with Crippen molar-refractivity contribution >= 4 is 75.5 Å². The maximum atomic E-state index is 6.80. The highest BCUT2D eigenvalue weighted by atomic mass is 32.1. The predicted octanol–water partition coefficient (Wildman–Crippen LogP) is 15.5. The molecule has 4 aromatic heterocycles. The van der Waals surface area contributed by atoms with Crippen LogP contribution in [0, 0.1) is 5.92 Å².